The van der Waals surface area contributed by atoms with Crippen molar-refractivity contribution in [1.82, 2.24) is 4.90 Å². The molecule has 0 atom stereocenters. The second-order valence-electron chi connectivity index (χ2n) is 5.81. The Balaban J connectivity index is 1.78. The number of carbonyl (C=O) groups is 1. The molecule has 2 rings (SSSR count). The van der Waals surface area contributed by atoms with Gasteiger partial charge in [-0.05, 0) is 42.3 Å². The number of aryl methyl sites for hydroxylation is 1. The zero-order valence-corrected chi connectivity index (χ0v) is 16.1. The monoisotopic (exact) mass is 377 g/mol. The number of carbonyl (C=O) groups excluding carboxylic acids is 1. The van der Waals surface area contributed by atoms with Crippen molar-refractivity contribution in [3.63, 3.8) is 0 Å². The van der Waals surface area contributed by atoms with E-state index in [4.69, 9.17) is 25.8 Å². The maximum absolute atomic E-state index is 12.3. The number of rotatable bonds is 9. The first-order valence-corrected chi connectivity index (χ1v) is 8.74. The Labute approximate surface area is 159 Å². The van der Waals surface area contributed by atoms with Crippen LogP contribution in [-0.4, -0.2) is 45.2 Å². The molecule has 26 heavy (non-hydrogen) atoms. The van der Waals surface area contributed by atoms with Crippen LogP contribution < -0.4 is 14.2 Å². The molecule has 0 fully saturated rings. The lowest BCUT2D eigenvalue weighted by atomic mass is 10.1. The molecule has 0 aliphatic carbocycles. The first-order valence-electron chi connectivity index (χ1n) is 8.36. The van der Waals surface area contributed by atoms with Gasteiger partial charge in [0.1, 0.15) is 12.4 Å². The first kappa shape index (κ1) is 19.9. The highest BCUT2D eigenvalue weighted by molar-refractivity contribution is 6.30. The first-order chi connectivity index (χ1) is 12.5. The Morgan fingerprint density at radius 3 is 2.54 bits per heavy atom. The van der Waals surface area contributed by atoms with Gasteiger partial charge in [0, 0.05) is 18.5 Å². The highest BCUT2D eigenvalue weighted by Gasteiger charge is 2.11. The minimum atomic E-state index is 0.0643. The van der Waals surface area contributed by atoms with Gasteiger partial charge in [0.05, 0.1) is 20.8 Å². The second kappa shape index (κ2) is 9.92. The fourth-order valence-corrected chi connectivity index (χ4v) is 2.64. The van der Waals surface area contributed by atoms with Crippen LogP contribution in [-0.2, 0) is 11.2 Å². The number of methoxy groups -OCH3 is 2. The Kier molecular flexibility index (Phi) is 7.60. The zero-order chi connectivity index (χ0) is 18.9. The van der Waals surface area contributed by atoms with Crippen LogP contribution in [0.5, 0.6) is 17.2 Å². The van der Waals surface area contributed by atoms with Gasteiger partial charge in [0.15, 0.2) is 11.5 Å². The minimum Gasteiger partial charge on any atom is -0.493 e. The molecule has 140 valence electrons. The third-order valence-corrected chi connectivity index (χ3v) is 4.23. The van der Waals surface area contributed by atoms with E-state index >= 15 is 0 Å². The minimum absolute atomic E-state index is 0.0643. The van der Waals surface area contributed by atoms with Gasteiger partial charge >= 0.3 is 0 Å². The normalized spacial score (nSPS) is 10.3. The van der Waals surface area contributed by atoms with Crippen molar-refractivity contribution in [1.29, 1.82) is 0 Å². The van der Waals surface area contributed by atoms with Gasteiger partial charge in [-0.15, -0.1) is 0 Å². The molecule has 0 unspecified atom stereocenters. The number of amides is 1. The quantitative estimate of drug-likeness (QED) is 0.666. The Morgan fingerprint density at radius 2 is 1.85 bits per heavy atom. The van der Waals surface area contributed by atoms with Crippen LogP contribution in [0.25, 0.3) is 0 Å². The Morgan fingerprint density at radius 1 is 1.08 bits per heavy atom. The van der Waals surface area contributed by atoms with Crippen LogP contribution in [0.4, 0.5) is 0 Å². The molecule has 0 aliphatic heterocycles. The lowest BCUT2D eigenvalue weighted by Crippen LogP contribution is -2.31. The highest BCUT2D eigenvalue weighted by Crippen LogP contribution is 2.28. The van der Waals surface area contributed by atoms with E-state index in [9.17, 15) is 4.79 Å². The van der Waals surface area contributed by atoms with E-state index < -0.39 is 0 Å². The highest BCUT2D eigenvalue weighted by atomic mass is 35.5. The van der Waals surface area contributed by atoms with E-state index in [0.717, 1.165) is 5.56 Å². The number of benzene rings is 2. The zero-order valence-electron chi connectivity index (χ0n) is 15.3. The fraction of sp³-hybridized carbons (Fsp3) is 0.350. The molecule has 0 bridgehead atoms. The molecule has 0 saturated heterocycles. The van der Waals surface area contributed by atoms with E-state index in [1.165, 1.54) is 0 Å². The fourth-order valence-electron chi connectivity index (χ4n) is 2.46. The molecule has 0 N–H and O–H groups in total. The predicted molar refractivity (Wildman–Crippen MR) is 102 cm³/mol. The lowest BCUT2D eigenvalue weighted by Gasteiger charge is -2.18. The molecule has 1 amide bonds. The van der Waals surface area contributed by atoms with Crippen molar-refractivity contribution in [2.24, 2.45) is 0 Å². The summed E-state index contributed by atoms with van der Waals surface area (Å²) in [5, 5.41) is 0.627. The smallest absolute Gasteiger partial charge is 0.222 e. The number of hydrogen-bond acceptors (Lipinski definition) is 4. The van der Waals surface area contributed by atoms with Gasteiger partial charge < -0.3 is 19.1 Å². The Bertz CT molecular complexity index is 736. The predicted octanol–water partition coefficient (Wildman–Crippen LogP) is 3.83. The molecule has 2 aromatic carbocycles. The average molecular weight is 378 g/mol. The van der Waals surface area contributed by atoms with Crippen LogP contribution >= 0.6 is 11.6 Å². The molecule has 0 saturated carbocycles. The molecule has 6 heteroatoms. The number of ether oxygens (including phenoxy) is 3. The Hall–Kier alpha value is -2.40. The van der Waals surface area contributed by atoms with Crippen LogP contribution in [0.1, 0.15) is 12.0 Å². The third-order valence-electron chi connectivity index (χ3n) is 3.99. The van der Waals surface area contributed by atoms with E-state index in [0.29, 0.717) is 48.3 Å². The summed E-state index contributed by atoms with van der Waals surface area (Å²) in [6.45, 7) is 0.927. The van der Waals surface area contributed by atoms with Gasteiger partial charge in [-0.25, -0.2) is 0 Å². The lowest BCUT2D eigenvalue weighted by molar-refractivity contribution is -0.130. The maximum atomic E-state index is 12.3. The summed E-state index contributed by atoms with van der Waals surface area (Å²) < 4.78 is 16.1. The van der Waals surface area contributed by atoms with Gasteiger partial charge in [0.2, 0.25) is 5.91 Å². The molecular formula is C20H24ClNO4. The second-order valence-corrected chi connectivity index (χ2v) is 6.25. The van der Waals surface area contributed by atoms with Crippen LogP contribution in [0.2, 0.25) is 5.02 Å². The van der Waals surface area contributed by atoms with Crippen LogP contribution in [0.15, 0.2) is 42.5 Å². The SMILES string of the molecule is COc1ccc(CCC(=O)N(C)CCOc2cccc(Cl)c2)cc1OC. The summed E-state index contributed by atoms with van der Waals surface area (Å²) >= 11 is 5.92. The summed E-state index contributed by atoms with van der Waals surface area (Å²) in [5.41, 5.74) is 1.03. The molecule has 0 aromatic heterocycles. The molecule has 0 radical (unpaired) electrons. The summed E-state index contributed by atoms with van der Waals surface area (Å²) in [4.78, 5) is 14.0. The molecule has 0 aliphatic rings. The van der Waals surface area contributed by atoms with Gasteiger partial charge in [-0.2, -0.15) is 0 Å². The summed E-state index contributed by atoms with van der Waals surface area (Å²) in [6.07, 6.45) is 1.06. The number of halogens is 1. The number of hydrogen-bond donors (Lipinski definition) is 0. The van der Waals surface area contributed by atoms with Crippen molar-refractivity contribution in [2.75, 3.05) is 34.4 Å². The van der Waals surface area contributed by atoms with Crippen LogP contribution in [0, 0.1) is 0 Å². The average Bonchev–Trinajstić information content (AvgIpc) is 2.65. The van der Waals surface area contributed by atoms with Gasteiger partial charge in [-0.1, -0.05) is 23.7 Å². The van der Waals surface area contributed by atoms with Crippen LogP contribution in [0.3, 0.4) is 0 Å². The third kappa shape index (κ3) is 5.85. The van der Waals surface area contributed by atoms with E-state index in [-0.39, 0.29) is 5.91 Å². The van der Waals surface area contributed by atoms with Crippen molar-refractivity contribution in [3.8, 4) is 17.2 Å². The largest absolute Gasteiger partial charge is 0.493 e. The summed E-state index contributed by atoms with van der Waals surface area (Å²) in [7, 11) is 4.97. The number of likely N-dealkylation sites (N-methyl/N-ethyl adjacent to an activating group) is 1. The summed E-state index contributed by atoms with van der Waals surface area (Å²) in [5.74, 6) is 2.11. The van der Waals surface area contributed by atoms with Gasteiger partial charge in [0.25, 0.3) is 0 Å². The van der Waals surface area contributed by atoms with Crippen molar-refractivity contribution >= 4 is 17.5 Å². The van der Waals surface area contributed by atoms with Crippen molar-refractivity contribution < 1.29 is 19.0 Å². The molecular weight excluding hydrogens is 354 g/mol. The standard InChI is InChI=1S/C20H24ClNO4/c1-22(11-12-26-17-6-4-5-16(21)14-17)20(23)10-8-15-7-9-18(24-2)19(13-15)25-3/h4-7,9,13-14H,8,10-12H2,1-3H3. The number of nitrogens with zero attached hydrogens (tertiary/aromatic N) is 1. The topological polar surface area (TPSA) is 48.0 Å². The molecule has 5 nitrogen and oxygen atoms in total. The molecule has 0 heterocycles. The van der Waals surface area contributed by atoms with E-state index in [2.05, 4.69) is 0 Å². The maximum Gasteiger partial charge on any atom is 0.222 e. The summed E-state index contributed by atoms with van der Waals surface area (Å²) in [6, 6.07) is 12.9. The molecule has 2 aromatic rings. The van der Waals surface area contributed by atoms with Crippen molar-refractivity contribution in [3.05, 3.63) is 53.1 Å². The molecule has 0 spiro atoms. The van der Waals surface area contributed by atoms with E-state index in [1.54, 1.807) is 38.3 Å². The van der Waals surface area contributed by atoms with E-state index in [1.807, 2.05) is 30.3 Å². The van der Waals surface area contributed by atoms with Gasteiger partial charge in [-0.3, -0.25) is 4.79 Å². The van der Waals surface area contributed by atoms with Crippen molar-refractivity contribution in [2.45, 2.75) is 12.8 Å².